The number of rotatable bonds is 3. The molecule has 0 bridgehead atoms. The summed E-state index contributed by atoms with van der Waals surface area (Å²) in [7, 11) is 0. The molecule has 0 atom stereocenters. The summed E-state index contributed by atoms with van der Waals surface area (Å²) in [5.41, 5.74) is 8.15. The predicted octanol–water partition coefficient (Wildman–Crippen LogP) is 11.4. The standard InChI is InChI=1S/C39H45NO/c1-23-25(21-38(5,6)7)12-14-28-29-15-16-40-35-31-18-26-17-24(20-37(2,3)4)11-13-27(26)32(22-39(8,9)10)36(31)41-33(34(29)35)19-30(23)28/h11-19H,20-22H2,1-10H3. The highest BCUT2D eigenvalue weighted by atomic mass is 16.5. The van der Waals surface area contributed by atoms with E-state index in [0.717, 1.165) is 47.4 Å². The van der Waals surface area contributed by atoms with Crippen LogP contribution < -0.4 is 4.74 Å². The van der Waals surface area contributed by atoms with Gasteiger partial charge in [0.1, 0.15) is 11.5 Å². The van der Waals surface area contributed by atoms with Gasteiger partial charge >= 0.3 is 0 Å². The second-order valence-electron chi connectivity index (χ2n) is 16.0. The summed E-state index contributed by atoms with van der Waals surface area (Å²) in [5, 5.41) is 7.47. The Morgan fingerprint density at radius 3 is 2.02 bits per heavy atom. The minimum atomic E-state index is 0.108. The molecule has 0 N–H and O–H groups in total. The molecule has 6 rings (SSSR count). The van der Waals surface area contributed by atoms with Crippen LogP contribution in [0.25, 0.3) is 43.6 Å². The number of benzene rings is 4. The molecule has 1 aliphatic rings. The fraction of sp³-hybridized carbons (Fsp3) is 0.410. The van der Waals surface area contributed by atoms with Gasteiger partial charge in [0.15, 0.2) is 0 Å². The van der Waals surface area contributed by atoms with Gasteiger partial charge in [0.2, 0.25) is 0 Å². The molecule has 212 valence electrons. The number of hydrogen-bond acceptors (Lipinski definition) is 2. The minimum absolute atomic E-state index is 0.108. The number of aryl methyl sites for hydroxylation is 1. The van der Waals surface area contributed by atoms with E-state index >= 15 is 0 Å². The molecule has 1 aliphatic heterocycles. The summed E-state index contributed by atoms with van der Waals surface area (Å²) in [4.78, 5) is 5.02. The number of aromatic nitrogens is 1. The average Bonchev–Trinajstić information content (AvgIpc) is 2.84. The molecule has 0 saturated carbocycles. The van der Waals surface area contributed by atoms with Gasteiger partial charge in [-0.05, 0) is 104 Å². The molecule has 5 aromatic rings. The van der Waals surface area contributed by atoms with Crippen molar-refractivity contribution >= 4 is 32.3 Å². The lowest BCUT2D eigenvalue weighted by molar-refractivity contribution is 0.400. The first-order chi connectivity index (χ1) is 19.1. The molecule has 1 aromatic heterocycles. The van der Waals surface area contributed by atoms with Crippen molar-refractivity contribution in [1.29, 1.82) is 0 Å². The zero-order valence-electron chi connectivity index (χ0n) is 26.7. The predicted molar refractivity (Wildman–Crippen MR) is 176 cm³/mol. The van der Waals surface area contributed by atoms with Gasteiger partial charge in [0.05, 0.1) is 11.1 Å². The van der Waals surface area contributed by atoms with Crippen molar-refractivity contribution in [2.45, 2.75) is 88.5 Å². The Kier molecular flexibility index (Phi) is 6.31. The maximum atomic E-state index is 7.01. The summed E-state index contributed by atoms with van der Waals surface area (Å²) in [6.45, 7) is 23.1. The quantitative estimate of drug-likeness (QED) is 0.207. The van der Waals surface area contributed by atoms with Crippen molar-refractivity contribution in [3.05, 3.63) is 77.0 Å². The third kappa shape index (κ3) is 5.23. The second kappa shape index (κ2) is 9.31. The third-order valence-electron chi connectivity index (χ3n) is 8.28. The molecule has 2 heterocycles. The number of ether oxygens (including phenoxy) is 1. The number of fused-ring (bicyclic) bond motifs is 5. The number of pyridine rings is 1. The van der Waals surface area contributed by atoms with E-state index in [9.17, 15) is 0 Å². The Morgan fingerprint density at radius 1 is 0.659 bits per heavy atom. The number of nitrogens with zero attached hydrogens (tertiary/aromatic N) is 1. The Bertz CT molecular complexity index is 1840. The zero-order chi connectivity index (χ0) is 29.5. The second-order valence-corrected chi connectivity index (χ2v) is 16.0. The summed E-state index contributed by atoms with van der Waals surface area (Å²) < 4.78 is 7.01. The monoisotopic (exact) mass is 543 g/mol. The van der Waals surface area contributed by atoms with Crippen LogP contribution >= 0.6 is 0 Å². The lowest BCUT2D eigenvalue weighted by Crippen LogP contribution is -2.13. The molecule has 2 heteroatoms. The molecular formula is C39H45NO. The SMILES string of the molecule is Cc1c(CC(C)(C)C)ccc2c1cc1c3c(nccc32)-c2cc3cc(CC(C)(C)C)ccc3c(CC(C)(C)C)c2O1. The Hall–Kier alpha value is -3.39. The van der Waals surface area contributed by atoms with E-state index in [-0.39, 0.29) is 16.2 Å². The summed E-state index contributed by atoms with van der Waals surface area (Å²) >= 11 is 0. The van der Waals surface area contributed by atoms with Gasteiger partial charge in [-0.3, -0.25) is 4.98 Å². The van der Waals surface area contributed by atoms with E-state index in [1.807, 2.05) is 6.20 Å². The first kappa shape index (κ1) is 27.8. The summed E-state index contributed by atoms with van der Waals surface area (Å²) in [6, 6.07) is 18.5. The van der Waals surface area contributed by atoms with Crippen LogP contribution in [0.1, 0.15) is 84.6 Å². The highest BCUT2D eigenvalue weighted by Gasteiger charge is 2.29. The average molecular weight is 544 g/mol. The van der Waals surface area contributed by atoms with Crippen LogP contribution in [0.3, 0.4) is 0 Å². The summed E-state index contributed by atoms with van der Waals surface area (Å²) in [6.07, 6.45) is 5.01. The van der Waals surface area contributed by atoms with Gasteiger partial charge in [-0.2, -0.15) is 0 Å². The highest BCUT2D eigenvalue weighted by molar-refractivity contribution is 6.17. The lowest BCUT2D eigenvalue weighted by Gasteiger charge is -2.28. The van der Waals surface area contributed by atoms with Crippen molar-refractivity contribution in [2.24, 2.45) is 16.2 Å². The van der Waals surface area contributed by atoms with E-state index < -0.39 is 0 Å². The lowest BCUT2D eigenvalue weighted by atomic mass is 9.82. The first-order valence-electron chi connectivity index (χ1n) is 15.2. The first-order valence-corrected chi connectivity index (χ1v) is 15.2. The third-order valence-corrected chi connectivity index (χ3v) is 8.28. The Labute approximate surface area is 246 Å². The van der Waals surface area contributed by atoms with Crippen LogP contribution in [0.2, 0.25) is 0 Å². The van der Waals surface area contributed by atoms with E-state index in [0.29, 0.717) is 0 Å². The van der Waals surface area contributed by atoms with Gasteiger partial charge in [0, 0.05) is 17.3 Å². The molecule has 0 radical (unpaired) electrons. The molecule has 0 amide bonds. The Balaban J connectivity index is 1.64. The van der Waals surface area contributed by atoms with Crippen molar-refractivity contribution < 1.29 is 4.74 Å². The minimum Gasteiger partial charge on any atom is -0.456 e. The molecular weight excluding hydrogens is 498 g/mol. The maximum Gasteiger partial charge on any atom is 0.140 e. The summed E-state index contributed by atoms with van der Waals surface area (Å²) in [5.74, 6) is 1.91. The van der Waals surface area contributed by atoms with Gasteiger partial charge < -0.3 is 4.74 Å². The molecule has 0 aliphatic carbocycles. The largest absolute Gasteiger partial charge is 0.456 e. The van der Waals surface area contributed by atoms with Gasteiger partial charge in [-0.25, -0.2) is 0 Å². The molecule has 0 unspecified atom stereocenters. The molecule has 41 heavy (non-hydrogen) atoms. The Morgan fingerprint density at radius 2 is 1.34 bits per heavy atom. The van der Waals surface area contributed by atoms with E-state index in [1.165, 1.54) is 49.2 Å². The van der Waals surface area contributed by atoms with Gasteiger partial charge in [-0.1, -0.05) is 92.6 Å². The van der Waals surface area contributed by atoms with Gasteiger partial charge in [-0.15, -0.1) is 0 Å². The molecule has 4 aromatic carbocycles. The molecule has 0 saturated heterocycles. The van der Waals surface area contributed by atoms with Crippen molar-refractivity contribution in [2.75, 3.05) is 0 Å². The molecule has 0 spiro atoms. The molecule has 0 fully saturated rings. The number of hydrogen-bond donors (Lipinski definition) is 0. The van der Waals surface area contributed by atoms with E-state index in [1.54, 1.807) is 0 Å². The van der Waals surface area contributed by atoms with Crippen molar-refractivity contribution in [3.63, 3.8) is 0 Å². The smallest absolute Gasteiger partial charge is 0.140 e. The fourth-order valence-corrected chi connectivity index (χ4v) is 6.72. The molecule has 2 nitrogen and oxygen atoms in total. The van der Waals surface area contributed by atoms with Crippen LogP contribution in [-0.4, -0.2) is 4.98 Å². The highest BCUT2D eigenvalue weighted by Crippen LogP contribution is 2.52. The van der Waals surface area contributed by atoms with E-state index in [4.69, 9.17) is 9.72 Å². The van der Waals surface area contributed by atoms with Crippen molar-refractivity contribution in [1.82, 2.24) is 4.98 Å². The van der Waals surface area contributed by atoms with E-state index in [2.05, 4.69) is 118 Å². The van der Waals surface area contributed by atoms with Crippen molar-refractivity contribution in [3.8, 4) is 22.8 Å². The zero-order valence-corrected chi connectivity index (χ0v) is 26.7. The maximum absolute atomic E-state index is 7.01. The topological polar surface area (TPSA) is 22.1 Å². The van der Waals surface area contributed by atoms with Gasteiger partial charge in [0.25, 0.3) is 0 Å². The van der Waals surface area contributed by atoms with Crippen LogP contribution in [0, 0.1) is 23.2 Å². The van der Waals surface area contributed by atoms with Crippen LogP contribution in [0.4, 0.5) is 0 Å². The van der Waals surface area contributed by atoms with Crippen LogP contribution in [0.15, 0.2) is 54.7 Å². The van der Waals surface area contributed by atoms with Crippen LogP contribution in [0.5, 0.6) is 11.5 Å². The fourth-order valence-electron chi connectivity index (χ4n) is 6.72. The van der Waals surface area contributed by atoms with Crippen LogP contribution in [-0.2, 0) is 19.3 Å². The normalized spacial score (nSPS) is 13.6.